The number of hydrogen-bond acceptors (Lipinski definition) is 4. The van der Waals surface area contributed by atoms with Gasteiger partial charge in [-0.15, -0.1) is 10.2 Å². The molecule has 1 aliphatic rings. The van der Waals surface area contributed by atoms with Crippen LogP contribution in [0.1, 0.15) is 6.42 Å². The summed E-state index contributed by atoms with van der Waals surface area (Å²) in [6, 6.07) is 5.72. The maximum Gasteiger partial charge on any atom is 0.308 e. The zero-order valence-electron chi connectivity index (χ0n) is 10.3. The molecule has 19 heavy (non-hydrogen) atoms. The SMILES string of the molecule is O=C(O)C1CCN(c2ccc(-c3cc[nH]c3)nn2)C1. The van der Waals surface area contributed by atoms with Gasteiger partial charge in [0.25, 0.3) is 0 Å². The number of carboxylic acid groups (broad SMARTS) is 1. The Hall–Kier alpha value is -2.37. The van der Waals surface area contributed by atoms with E-state index in [0.29, 0.717) is 13.0 Å². The van der Waals surface area contributed by atoms with Crippen LogP contribution in [0.25, 0.3) is 11.3 Å². The molecule has 98 valence electrons. The second-order valence-electron chi connectivity index (χ2n) is 4.65. The predicted octanol–water partition coefficient (Wildman–Crippen LogP) is 1.38. The smallest absolute Gasteiger partial charge is 0.308 e. The molecule has 1 fully saturated rings. The molecular weight excluding hydrogens is 244 g/mol. The molecule has 0 spiro atoms. The van der Waals surface area contributed by atoms with E-state index in [0.717, 1.165) is 23.6 Å². The quantitative estimate of drug-likeness (QED) is 0.869. The minimum absolute atomic E-state index is 0.300. The molecule has 3 heterocycles. The van der Waals surface area contributed by atoms with Gasteiger partial charge in [-0.3, -0.25) is 4.79 Å². The number of carboxylic acids is 1. The van der Waals surface area contributed by atoms with Gasteiger partial charge >= 0.3 is 5.97 Å². The van der Waals surface area contributed by atoms with Gasteiger partial charge in [0, 0.05) is 31.0 Å². The Balaban J connectivity index is 1.75. The zero-order chi connectivity index (χ0) is 13.2. The molecule has 0 bridgehead atoms. The molecule has 0 aromatic carbocycles. The molecule has 2 aromatic rings. The molecule has 2 aromatic heterocycles. The Morgan fingerprint density at radius 2 is 2.26 bits per heavy atom. The van der Waals surface area contributed by atoms with Gasteiger partial charge in [0.2, 0.25) is 0 Å². The lowest BCUT2D eigenvalue weighted by molar-refractivity contribution is -0.140. The van der Waals surface area contributed by atoms with Crippen LogP contribution in [0, 0.1) is 5.92 Å². The van der Waals surface area contributed by atoms with Crippen molar-refractivity contribution in [3.8, 4) is 11.3 Å². The van der Waals surface area contributed by atoms with Crippen LogP contribution >= 0.6 is 0 Å². The van der Waals surface area contributed by atoms with Crippen molar-refractivity contribution < 1.29 is 9.90 Å². The monoisotopic (exact) mass is 258 g/mol. The van der Waals surface area contributed by atoms with E-state index in [9.17, 15) is 4.79 Å². The summed E-state index contributed by atoms with van der Waals surface area (Å²) in [6.07, 6.45) is 4.36. The van der Waals surface area contributed by atoms with E-state index in [1.165, 1.54) is 0 Å². The summed E-state index contributed by atoms with van der Waals surface area (Å²) in [5, 5.41) is 17.3. The molecule has 6 heteroatoms. The maximum absolute atomic E-state index is 10.9. The molecule has 0 saturated carbocycles. The number of aromatic nitrogens is 3. The summed E-state index contributed by atoms with van der Waals surface area (Å²) < 4.78 is 0. The van der Waals surface area contributed by atoms with Crippen molar-refractivity contribution in [2.45, 2.75) is 6.42 Å². The lowest BCUT2D eigenvalue weighted by Gasteiger charge is -2.15. The molecule has 0 aliphatic carbocycles. The highest BCUT2D eigenvalue weighted by molar-refractivity contribution is 5.72. The Morgan fingerprint density at radius 3 is 2.84 bits per heavy atom. The molecule has 2 N–H and O–H groups in total. The number of nitrogens with one attached hydrogen (secondary N) is 1. The van der Waals surface area contributed by atoms with Gasteiger partial charge in [-0.25, -0.2) is 0 Å². The van der Waals surface area contributed by atoms with E-state index >= 15 is 0 Å². The maximum atomic E-state index is 10.9. The second kappa shape index (κ2) is 4.72. The number of nitrogens with zero attached hydrogens (tertiary/aromatic N) is 3. The van der Waals surface area contributed by atoms with Gasteiger partial charge in [-0.2, -0.15) is 0 Å². The van der Waals surface area contributed by atoms with E-state index in [1.807, 2.05) is 35.5 Å². The normalized spacial score (nSPS) is 18.7. The van der Waals surface area contributed by atoms with E-state index < -0.39 is 5.97 Å². The minimum Gasteiger partial charge on any atom is -0.481 e. The summed E-state index contributed by atoms with van der Waals surface area (Å²) in [5.41, 5.74) is 1.79. The van der Waals surface area contributed by atoms with Gasteiger partial charge in [-0.05, 0) is 24.6 Å². The second-order valence-corrected chi connectivity index (χ2v) is 4.65. The number of H-pyrrole nitrogens is 1. The standard InChI is InChI=1S/C13H14N4O2/c18-13(19)10-4-6-17(8-10)12-2-1-11(15-16-12)9-3-5-14-7-9/h1-3,5,7,10,14H,4,6,8H2,(H,18,19). The molecule has 6 nitrogen and oxygen atoms in total. The summed E-state index contributed by atoms with van der Waals surface area (Å²) in [5.74, 6) is -0.298. The van der Waals surface area contributed by atoms with Crippen LogP contribution < -0.4 is 4.90 Å². The first-order valence-electron chi connectivity index (χ1n) is 6.18. The van der Waals surface area contributed by atoms with Crippen molar-refractivity contribution in [2.24, 2.45) is 5.92 Å². The number of rotatable bonds is 3. The van der Waals surface area contributed by atoms with Crippen LogP contribution in [0.2, 0.25) is 0 Å². The molecule has 3 rings (SSSR count). The van der Waals surface area contributed by atoms with E-state index in [-0.39, 0.29) is 5.92 Å². The number of carbonyl (C=O) groups is 1. The first kappa shape index (κ1) is 11.7. The van der Waals surface area contributed by atoms with E-state index in [2.05, 4.69) is 15.2 Å². The number of hydrogen-bond donors (Lipinski definition) is 2. The lowest BCUT2D eigenvalue weighted by atomic mass is 10.1. The van der Waals surface area contributed by atoms with Crippen molar-refractivity contribution >= 4 is 11.8 Å². The van der Waals surface area contributed by atoms with Crippen LogP contribution in [0.5, 0.6) is 0 Å². The van der Waals surface area contributed by atoms with Crippen LogP contribution in [-0.2, 0) is 4.79 Å². The number of aliphatic carboxylic acids is 1. The lowest BCUT2D eigenvalue weighted by Crippen LogP contribution is -2.23. The topological polar surface area (TPSA) is 82.1 Å². The van der Waals surface area contributed by atoms with Crippen molar-refractivity contribution in [1.29, 1.82) is 0 Å². The summed E-state index contributed by atoms with van der Waals surface area (Å²) in [6.45, 7) is 1.22. The highest BCUT2D eigenvalue weighted by Crippen LogP contribution is 2.23. The van der Waals surface area contributed by atoms with Gasteiger partial charge in [0.05, 0.1) is 11.6 Å². The fourth-order valence-electron chi connectivity index (χ4n) is 2.30. The minimum atomic E-state index is -0.737. The number of anilines is 1. The molecule has 1 saturated heterocycles. The van der Waals surface area contributed by atoms with Crippen molar-refractivity contribution in [3.05, 3.63) is 30.6 Å². The highest BCUT2D eigenvalue weighted by atomic mass is 16.4. The van der Waals surface area contributed by atoms with Crippen LogP contribution in [0.4, 0.5) is 5.82 Å². The fourth-order valence-corrected chi connectivity index (χ4v) is 2.30. The summed E-state index contributed by atoms with van der Waals surface area (Å²) in [7, 11) is 0. The molecule has 1 aliphatic heterocycles. The molecule has 1 atom stereocenters. The Bertz CT molecular complexity index is 565. The predicted molar refractivity (Wildman–Crippen MR) is 69.8 cm³/mol. The third-order valence-electron chi connectivity index (χ3n) is 3.41. The molecular formula is C13H14N4O2. The van der Waals surface area contributed by atoms with E-state index in [1.54, 1.807) is 0 Å². The molecule has 0 amide bonds. The Labute approximate surface area is 110 Å². The van der Waals surface area contributed by atoms with Gasteiger partial charge in [0.15, 0.2) is 5.82 Å². The van der Waals surface area contributed by atoms with Crippen molar-refractivity contribution in [1.82, 2.24) is 15.2 Å². The van der Waals surface area contributed by atoms with Crippen molar-refractivity contribution in [2.75, 3.05) is 18.0 Å². The van der Waals surface area contributed by atoms with Gasteiger partial charge < -0.3 is 15.0 Å². The number of aromatic amines is 1. The third kappa shape index (κ3) is 2.29. The summed E-state index contributed by atoms with van der Waals surface area (Å²) >= 11 is 0. The highest BCUT2D eigenvalue weighted by Gasteiger charge is 2.28. The van der Waals surface area contributed by atoms with Crippen LogP contribution in [0.3, 0.4) is 0 Å². The fraction of sp³-hybridized carbons (Fsp3) is 0.308. The van der Waals surface area contributed by atoms with E-state index in [4.69, 9.17) is 5.11 Å². The first-order valence-corrected chi connectivity index (χ1v) is 6.18. The average molecular weight is 258 g/mol. The summed E-state index contributed by atoms with van der Waals surface area (Å²) in [4.78, 5) is 15.9. The Kier molecular flexibility index (Phi) is 2.91. The Morgan fingerprint density at radius 1 is 1.37 bits per heavy atom. The van der Waals surface area contributed by atoms with Crippen LogP contribution in [-0.4, -0.2) is 39.3 Å². The average Bonchev–Trinajstić information content (AvgIpc) is 3.11. The van der Waals surface area contributed by atoms with Crippen LogP contribution in [0.15, 0.2) is 30.6 Å². The third-order valence-corrected chi connectivity index (χ3v) is 3.41. The van der Waals surface area contributed by atoms with Gasteiger partial charge in [0.1, 0.15) is 0 Å². The molecule has 0 radical (unpaired) electrons. The van der Waals surface area contributed by atoms with Crippen molar-refractivity contribution in [3.63, 3.8) is 0 Å². The zero-order valence-corrected chi connectivity index (χ0v) is 10.3. The first-order chi connectivity index (χ1) is 9.24. The van der Waals surface area contributed by atoms with Gasteiger partial charge in [-0.1, -0.05) is 0 Å². The molecule has 1 unspecified atom stereocenters. The largest absolute Gasteiger partial charge is 0.481 e.